The number of hydrogen-bond acceptors (Lipinski definition) is 11. The first-order chi connectivity index (χ1) is 16.5. The summed E-state index contributed by atoms with van der Waals surface area (Å²) in [5, 5.41) is 15.2. The van der Waals surface area contributed by atoms with Gasteiger partial charge in [-0.1, -0.05) is 11.8 Å². The molecular weight excluding hydrogens is 462 g/mol. The molecule has 0 aliphatic rings. The molecule has 4 N–H and O–H groups in total. The van der Waals surface area contributed by atoms with Crippen molar-refractivity contribution in [2.45, 2.75) is 5.16 Å². The molecule has 13 heteroatoms. The Bertz CT molecular complexity index is 1170. The lowest BCUT2D eigenvalue weighted by Crippen LogP contribution is -2.17. The number of nitrogens with one attached hydrogen (secondary N) is 2. The molecule has 0 bridgehead atoms. The number of carbonyl (C=O) groups is 1. The summed E-state index contributed by atoms with van der Waals surface area (Å²) in [6, 6.07) is 10.5. The molecule has 0 saturated carbocycles. The Morgan fingerprint density at radius 1 is 1.03 bits per heavy atom. The maximum Gasteiger partial charge on any atom is 0.264 e. The minimum atomic E-state index is -0.266. The van der Waals surface area contributed by atoms with Crippen molar-refractivity contribution < 1.29 is 23.7 Å². The van der Waals surface area contributed by atoms with Gasteiger partial charge in [0.05, 0.1) is 46.1 Å². The van der Waals surface area contributed by atoms with E-state index in [-0.39, 0.29) is 17.6 Å². The van der Waals surface area contributed by atoms with Crippen molar-refractivity contribution in [3.63, 3.8) is 0 Å². The fourth-order valence-electron chi connectivity index (χ4n) is 2.77. The number of nitrogen functional groups attached to an aromatic ring is 1. The van der Waals surface area contributed by atoms with Crippen LogP contribution in [0.2, 0.25) is 0 Å². The highest BCUT2D eigenvalue weighted by atomic mass is 32.2. The molecule has 3 rings (SSSR count). The van der Waals surface area contributed by atoms with Crippen molar-refractivity contribution in [1.29, 1.82) is 0 Å². The third-order valence-electron chi connectivity index (χ3n) is 4.47. The normalized spacial score (nSPS) is 10.7. The Hall–Kier alpha value is -4.13. The van der Waals surface area contributed by atoms with Gasteiger partial charge in [0.25, 0.3) is 5.95 Å². The second-order valence-corrected chi connectivity index (χ2v) is 7.51. The van der Waals surface area contributed by atoms with Crippen molar-refractivity contribution in [1.82, 2.24) is 14.9 Å². The minimum Gasteiger partial charge on any atom is -0.497 e. The molecule has 12 nitrogen and oxygen atoms in total. The van der Waals surface area contributed by atoms with Gasteiger partial charge in [0.2, 0.25) is 11.1 Å². The second kappa shape index (κ2) is 11.7. The monoisotopic (exact) mass is 487 g/mol. The highest BCUT2D eigenvalue weighted by Gasteiger charge is 2.14. The Morgan fingerprint density at radius 3 is 2.50 bits per heavy atom. The van der Waals surface area contributed by atoms with Gasteiger partial charge in [-0.15, -0.1) is 10.2 Å². The van der Waals surface area contributed by atoms with Gasteiger partial charge < -0.3 is 30.1 Å². The van der Waals surface area contributed by atoms with Crippen molar-refractivity contribution in [3.8, 4) is 23.0 Å². The lowest BCUT2D eigenvalue weighted by molar-refractivity contribution is -0.113. The summed E-state index contributed by atoms with van der Waals surface area (Å²) >= 11 is 1.12. The number of amides is 1. The molecule has 0 atom stereocenters. The summed E-state index contributed by atoms with van der Waals surface area (Å²) in [7, 11) is 6.19. The highest BCUT2D eigenvalue weighted by Crippen LogP contribution is 2.29. The summed E-state index contributed by atoms with van der Waals surface area (Å²) < 4.78 is 22.1. The zero-order chi connectivity index (χ0) is 24.5. The molecule has 1 amide bonds. The largest absolute Gasteiger partial charge is 0.497 e. The smallest absolute Gasteiger partial charge is 0.264 e. The summed E-state index contributed by atoms with van der Waals surface area (Å²) in [4.78, 5) is 12.4. The average molecular weight is 488 g/mol. The third-order valence-corrected chi connectivity index (χ3v) is 5.41. The van der Waals surface area contributed by atoms with Gasteiger partial charge in [-0.3, -0.25) is 4.79 Å². The quantitative estimate of drug-likeness (QED) is 0.159. The summed E-state index contributed by atoms with van der Waals surface area (Å²) in [5.41, 5.74) is 4.02. The van der Waals surface area contributed by atoms with Gasteiger partial charge in [-0.2, -0.15) is 5.10 Å². The first-order valence-corrected chi connectivity index (χ1v) is 10.8. The molecule has 0 radical (unpaired) electrons. The highest BCUT2D eigenvalue weighted by molar-refractivity contribution is 7.99. The first-order valence-electron chi connectivity index (χ1n) is 9.85. The van der Waals surface area contributed by atoms with E-state index in [0.717, 1.165) is 17.3 Å². The minimum absolute atomic E-state index is 0.0550. The fraction of sp³-hybridized carbons (Fsp3) is 0.238. The number of hydrazone groups is 1. The third kappa shape index (κ3) is 6.01. The Labute approximate surface area is 200 Å². The molecule has 34 heavy (non-hydrogen) atoms. The van der Waals surface area contributed by atoms with Crippen LogP contribution >= 0.6 is 11.8 Å². The summed E-state index contributed by atoms with van der Waals surface area (Å²) in [5.74, 6) is 8.31. The van der Waals surface area contributed by atoms with Crippen LogP contribution in [-0.4, -0.2) is 61.2 Å². The fourth-order valence-corrected chi connectivity index (χ4v) is 3.42. The van der Waals surface area contributed by atoms with E-state index < -0.39 is 0 Å². The van der Waals surface area contributed by atoms with Gasteiger partial charge in [0.15, 0.2) is 11.5 Å². The predicted molar refractivity (Wildman–Crippen MR) is 130 cm³/mol. The van der Waals surface area contributed by atoms with E-state index in [1.807, 2.05) is 6.07 Å². The number of nitrogens with zero attached hydrogens (tertiary/aromatic N) is 4. The molecule has 0 fully saturated rings. The van der Waals surface area contributed by atoms with E-state index >= 15 is 0 Å². The van der Waals surface area contributed by atoms with Crippen LogP contribution < -0.4 is 35.5 Å². The van der Waals surface area contributed by atoms with Crippen LogP contribution in [0.3, 0.4) is 0 Å². The average Bonchev–Trinajstić information content (AvgIpc) is 3.21. The van der Waals surface area contributed by atoms with Crippen LogP contribution in [0, 0.1) is 0 Å². The van der Waals surface area contributed by atoms with Crippen molar-refractivity contribution in [3.05, 3.63) is 42.0 Å². The predicted octanol–water partition coefficient (Wildman–Crippen LogP) is 2.20. The van der Waals surface area contributed by atoms with Gasteiger partial charge >= 0.3 is 0 Å². The zero-order valence-electron chi connectivity index (χ0n) is 19.1. The molecule has 180 valence electrons. The maximum atomic E-state index is 12.4. The van der Waals surface area contributed by atoms with Crippen LogP contribution in [0.5, 0.6) is 23.0 Å². The van der Waals surface area contributed by atoms with E-state index in [0.29, 0.717) is 33.8 Å². The van der Waals surface area contributed by atoms with Gasteiger partial charge in [-0.05, 0) is 35.9 Å². The van der Waals surface area contributed by atoms with Crippen LogP contribution in [0.15, 0.2) is 46.7 Å². The molecule has 0 saturated heterocycles. The van der Waals surface area contributed by atoms with Gasteiger partial charge in [0.1, 0.15) is 11.5 Å². The Morgan fingerprint density at radius 2 is 1.79 bits per heavy atom. The number of methoxy groups -OCH3 is 4. The van der Waals surface area contributed by atoms with E-state index in [9.17, 15) is 4.79 Å². The standard InChI is InChI=1S/C21H25N7O5S/c1-30-14-6-7-15(17(10-14)32-3)24-19(29)12-34-21-27-26-20(28(21)22)25-23-11-13-5-8-16(31-2)18(9-13)33-4/h5-11H,12,22H2,1-4H3,(H,24,29)(H,25,26)/b23-11+. The summed E-state index contributed by atoms with van der Waals surface area (Å²) in [6.07, 6.45) is 1.57. The maximum absolute atomic E-state index is 12.4. The molecule has 1 aromatic heterocycles. The number of nitrogens with two attached hydrogens (primary N) is 1. The molecule has 3 aromatic rings. The Balaban J connectivity index is 1.56. The summed E-state index contributed by atoms with van der Waals surface area (Å²) in [6.45, 7) is 0. The lowest BCUT2D eigenvalue weighted by Gasteiger charge is -2.11. The number of thioether (sulfide) groups is 1. The molecule has 1 heterocycles. The molecular formula is C21H25N7O5S. The molecule has 0 unspecified atom stereocenters. The number of benzene rings is 2. The molecule has 0 aliphatic carbocycles. The lowest BCUT2D eigenvalue weighted by atomic mass is 10.2. The number of rotatable bonds is 11. The number of carbonyl (C=O) groups excluding carboxylic acids is 1. The van der Waals surface area contributed by atoms with Gasteiger partial charge in [0, 0.05) is 6.07 Å². The van der Waals surface area contributed by atoms with Crippen LogP contribution in [0.25, 0.3) is 0 Å². The van der Waals surface area contributed by atoms with Crippen LogP contribution in [0.1, 0.15) is 5.56 Å². The van der Waals surface area contributed by atoms with Gasteiger partial charge in [-0.25, -0.2) is 10.1 Å². The SMILES string of the molecule is COc1ccc(NC(=O)CSc2nnc(N/N=C/c3ccc(OC)c(OC)c3)n2N)c(OC)c1. The van der Waals surface area contributed by atoms with Crippen LogP contribution in [-0.2, 0) is 4.79 Å². The Kier molecular flexibility index (Phi) is 8.40. The number of hydrogen-bond donors (Lipinski definition) is 3. The van der Waals surface area contributed by atoms with E-state index in [4.69, 9.17) is 24.8 Å². The number of ether oxygens (including phenoxy) is 4. The first kappa shape index (κ1) is 24.5. The zero-order valence-corrected chi connectivity index (χ0v) is 19.9. The van der Waals surface area contributed by atoms with E-state index in [1.165, 1.54) is 11.8 Å². The van der Waals surface area contributed by atoms with E-state index in [1.54, 1.807) is 57.9 Å². The molecule has 0 aliphatic heterocycles. The van der Waals surface area contributed by atoms with Crippen molar-refractivity contribution >= 4 is 35.5 Å². The van der Waals surface area contributed by atoms with Crippen molar-refractivity contribution in [2.75, 3.05) is 50.8 Å². The topological polar surface area (TPSA) is 147 Å². The second-order valence-electron chi connectivity index (χ2n) is 6.56. The van der Waals surface area contributed by atoms with Crippen molar-refractivity contribution in [2.24, 2.45) is 5.10 Å². The number of anilines is 2. The van der Waals surface area contributed by atoms with Crippen LogP contribution in [0.4, 0.5) is 11.6 Å². The molecule has 0 spiro atoms. The number of aromatic nitrogens is 3. The van der Waals surface area contributed by atoms with E-state index in [2.05, 4.69) is 26.0 Å². The molecule has 2 aromatic carbocycles.